The maximum absolute atomic E-state index is 14.8. The summed E-state index contributed by atoms with van der Waals surface area (Å²) in [5, 5.41) is 68.1. The van der Waals surface area contributed by atoms with E-state index in [4.69, 9.17) is 15.6 Å². The van der Waals surface area contributed by atoms with Crippen molar-refractivity contribution in [3.05, 3.63) is 211 Å². The summed E-state index contributed by atoms with van der Waals surface area (Å²) in [4.78, 5) is 93.8. The third kappa shape index (κ3) is 26.7. The van der Waals surface area contributed by atoms with Gasteiger partial charge in [-0.25, -0.2) is 29.7 Å². The third-order valence-electron chi connectivity index (χ3n) is 17.3. The molecule has 0 aliphatic carbocycles. The molecule has 0 unspecified atom stereocenters. The zero-order valence-electron chi connectivity index (χ0n) is 66.3. The molecule has 0 aliphatic rings. The number of benzene rings is 8. The standard InChI is InChI=1S/C23H22BrF2N5O3S.2C19H14BrF2N3O3S.C19H12BrF2N3O3S.Ca.K.2H/c24-20-14-30-22(31(20)18-6-5-15(13-27)16-3-1-2-4-17(16)18)35-23(25,26)19(33)7-8-21(34)29-10-9-28-11-12-32;2*20-17-11-24-18(29-19(21,22)16(26)6-3-9-28-27)25(17)15-8-7-12(10-23)13-4-1-2-5-14(13)15;20-16-10-24-18(29-19(21,22)15(26)7-8-17(27)28)25(16)14-6-5-11(9-23)12-3-1-2-4-13(12)14;;;;/h1-6,14,28,32H,7-12H2,(H,29,34);2*1-2,4-5,7-8,11,27H,3,6,9H2;1-6,10H,7-8H2,(H,27,28);;;;/q;;;;+2;+1;2*-1/p-1. The smallest absolute Gasteiger partial charge is 1.00 e. The summed E-state index contributed by atoms with van der Waals surface area (Å²) in [6.45, 7) is 0.594. The number of thioether (sulfide) groups is 4. The molecular formula is C80H63Br4CaF8KN14O12S4. The number of nitriles is 4. The Balaban J connectivity index is 0.000000296. The van der Waals surface area contributed by atoms with Gasteiger partial charge in [-0.05, 0) is 179 Å². The van der Waals surface area contributed by atoms with Crippen LogP contribution in [0.5, 0.6) is 0 Å². The molecule has 44 heteroatoms. The predicted molar refractivity (Wildman–Crippen MR) is 457 cm³/mol. The Bertz CT molecular complexity index is 5920. The van der Waals surface area contributed by atoms with Crippen LogP contribution < -0.4 is 67.1 Å². The van der Waals surface area contributed by atoms with Crippen molar-refractivity contribution in [1.82, 2.24) is 48.8 Å². The van der Waals surface area contributed by atoms with E-state index in [0.29, 0.717) is 120 Å². The number of aliphatic hydroxyl groups excluding tert-OH is 1. The molecule has 0 atom stereocenters. The van der Waals surface area contributed by atoms with Crippen LogP contribution in [0.4, 0.5) is 35.1 Å². The number of aliphatic hydroxyl groups is 1. The summed E-state index contributed by atoms with van der Waals surface area (Å²) in [5.41, 5.74) is 3.89. The number of alkyl halides is 8. The first-order valence-electron chi connectivity index (χ1n) is 35.6. The van der Waals surface area contributed by atoms with Gasteiger partial charge in [0, 0.05) is 101 Å². The number of hydrogen-bond acceptors (Lipinski definition) is 25. The topological polar surface area (TPSA) is 395 Å². The minimum atomic E-state index is -3.87. The first-order valence-corrected chi connectivity index (χ1v) is 42.1. The Morgan fingerprint density at radius 3 is 0.919 bits per heavy atom. The second-order valence-electron chi connectivity index (χ2n) is 25.2. The Morgan fingerprint density at radius 1 is 0.411 bits per heavy atom. The number of halogens is 12. The molecule has 5 N–H and O–H groups in total. The fourth-order valence-electron chi connectivity index (χ4n) is 11.6. The summed E-state index contributed by atoms with van der Waals surface area (Å²) in [6, 6.07) is 49.7. The van der Waals surface area contributed by atoms with Crippen LogP contribution in [-0.2, 0) is 38.5 Å². The largest absolute Gasteiger partial charge is 2.00 e. The first-order chi connectivity index (χ1) is 58.3. The zero-order chi connectivity index (χ0) is 88.6. The number of nitrogens with zero attached hydrogens (tertiary/aromatic N) is 12. The van der Waals surface area contributed by atoms with Crippen LogP contribution in [-0.4, -0.2) is 187 Å². The maximum Gasteiger partial charge on any atom is 2.00 e. The van der Waals surface area contributed by atoms with Gasteiger partial charge >= 0.3 is 110 Å². The summed E-state index contributed by atoms with van der Waals surface area (Å²) in [7, 11) is 0. The number of imidazole rings is 4. The van der Waals surface area contributed by atoms with Gasteiger partial charge in [0.1, 0.15) is 18.4 Å². The van der Waals surface area contributed by atoms with Crippen LogP contribution in [0.15, 0.2) is 209 Å². The number of aliphatic carboxylic acids is 1. The molecule has 0 fully saturated rings. The number of hydrogen-bond donors (Lipinski definition) is 5. The van der Waals surface area contributed by atoms with Crippen molar-refractivity contribution >= 4 is 227 Å². The summed E-state index contributed by atoms with van der Waals surface area (Å²) in [6.07, 6.45) is 1.86. The van der Waals surface area contributed by atoms with Crippen molar-refractivity contribution in [2.24, 2.45) is 0 Å². The van der Waals surface area contributed by atoms with Gasteiger partial charge in [-0.3, -0.25) is 52.8 Å². The van der Waals surface area contributed by atoms with Crippen LogP contribution in [0.25, 0.3) is 65.8 Å². The van der Waals surface area contributed by atoms with Gasteiger partial charge in [0.05, 0.1) is 114 Å². The molecule has 0 aliphatic heterocycles. The van der Waals surface area contributed by atoms with Crippen LogP contribution in [0.2, 0.25) is 0 Å². The van der Waals surface area contributed by atoms with Crippen LogP contribution in [0.3, 0.4) is 0 Å². The van der Waals surface area contributed by atoms with E-state index in [1.807, 2.05) is 0 Å². The molecule has 0 radical (unpaired) electrons. The Hall–Kier alpha value is -7.36. The zero-order valence-corrected chi connectivity index (χ0v) is 79.3. The fraction of sp³-hybridized carbons (Fsp3) is 0.225. The van der Waals surface area contributed by atoms with Crippen LogP contribution in [0.1, 0.15) is 76.5 Å². The van der Waals surface area contributed by atoms with Crippen molar-refractivity contribution in [3.8, 4) is 47.0 Å². The molecule has 0 spiro atoms. The number of rotatable bonds is 35. The van der Waals surface area contributed by atoms with E-state index in [0.717, 1.165) is 0 Å². The Labute approximate surface area is 826 Å². The fourth-order valence-corrected chi connectivity index (χ4v) is 17.3. The minimum absolute atomic E-state index is 0. The second-order valence-corrected chi connectivity index (χ2v) is 32.8. The third-order valence-corrected chi connectivity index (χ3v) is 23.4. The van der Waals surface area contributed by atoms with Gasteiger partial charge in [0.25, 0.3) is 0 Å². The van der Waals surface area contributed by atoms with Crippen molar-refractivity contribution in [2.75, 3.05) is 39.5 Å². The SMILES string of the molecule is N#Cc1ccc(-n2c(Br)cnc2SC(F)(F)C(=O)CCC(=O)NCCNCCO)c2ccccc12.N#Cc1ccc(-n2c(Br)cnc2SC(F)(F)C(=O)CCC(=O)[O-])c2ccccc12.N#Cc1ccc(-n2c(Br)cnc2SC(F)(F)C(=O)CCCOO)c2ccccc12.N#Cc1ccc(-n2c(Br)cnc2SC(F)(F)C(=O)CCCOO)c2ccccc12.[Ca+2].[H-].[H-].[K+]. The quantitative estimate of drug-likeness (QED) is 0.00615. The number of carbonyl (C=O) groups is 6. The van der Waals surface area contributed by atoms with Crippen molar-refractivity contribution in [2.45, 2.75) is 93.0 Å². The van der Waals surface area contributed by atoms with Gasteiger partial charge in [-0.2, -0.15) is 56.2 Å². The Morgan fingerprint density at radius 2 is 0.669 bits per heavy atom. The average molecular weight is 2090 g/mol. The van der Waals surface area contributed by atoms with E-state index in [2.05, 4.69) is 128 Å². The number of ketones is 4. The summed E-state index contributed by atoms with van der Waals surface area (Å²) >= 11 is 13.3. The molecule has 8 aromatic carbocycles. The molecule has 0 bridgehead atoms. The summed E-state index contributed by atoms with van der Waals surface area (Å²) < 4.78 is 124. The number of nitrogens with one attached hydrogen (secondary N) is 2. The van der Waals surface area contributed by atoms with Gasteiger partial charge in [0.15, 0.2) is 20.6 Å². The van der Waals surface area contributed by atoms with Crippen molar-refractivity contribution in [1.29, 1.82) is 21.0 Å². The van der Waals surface area contributed by atoms with Crippen molar-refractivity contribution in [3.63, 3.8) is 0 Å². The molecule has 4 aromatic heterocycles. The number of carboxylic acid groups (broad SMARTS) is 1. The molecule has 4 heterocycles. The average Bonchev–Trinajstić information content (AvgIpc) is 1.54. The molecule has 636 valence electrons. The minimum Gasteiger partial charge on any atom is -1.00 e. The van der Waals surface area contributed by atoms with E-state index in [1.165, 1.54) is 43.1 Å². The molecule has 0 saturated carbocycles. The molecule has 12 aromatic rings. The van der Waals surface area contributed by atoms with Crippen molar-refractivity contribution < 1.29 is 149 Å². The monoisotopic (exact) mass is 2090 g/mol. The normalized spacial score (nSPS) is 11.3. The van der Waals surface area contributed by atoms with Gasteiger partial charge in [-0.15, -0.1) is 0 Å². The molecule has 0 saturated heterocycles. The number of aromatic nitrogens is 8. The first kappa shape index (κ1) is 104. The van der Waals surface area contributed by atoms with E-state index in [-0.39, 0.29) is 205 Å². The number of carboxylic acids is 1. The summed E-state index contributed by atoms with van der Waals surface area (Å²) in [5.74, 6) is -7.57. The van der Waals surface area contributed by atoms with E-state index in [9.17, 15) is 90.0 Å². The molecule has 124 heavy (non-hydrogen) atoms. The van der Waals surface area contributed by atoms with Gasteiger partial charge < -0.3 is 28.5 Å². The number of carbonyl (C=O) groups excluding carboxylic acids is 6. The van der Waals surface area contributed by atoms with E-state index < -0.39 is 88.1 Å². The number of fused-ring (bicyclic) bond motifs is 4. The number of Topliss-reactive ketones (excluding diaryl/α,β-unsaturated/α-hetero) is 4. The second kappa shape index (κ2) is 48.7. The predicted octanol–water partition coefficient (Wildman–Crippen LogP) is 14.1. The molecule has 26 nitrogen and oxygen atoms in total. The van der Waals surface area contributed by atoms with E-state index in [1.54, 1.807) is 146 Å². The van der Waals surface area contributed by atoms with E-state index >= 15 is 0 Å². The molecular weight excluding hydrogens is 2030 g/mol. The number of amides is 1. The molecule has 12 rings (SSSR count). The van der Waals surface area contributed by atoms with Gasteiger partial charge in [-0.1, -0.05) is 97.1 Å². The van der Waals surface area contributed by atoms with Gasteiger partial charge in [0.2, 0.25) is 29.0 Å². The Kier molecular flexibility index (Phi) is 40.7. The molecule has 1 amide bonds. The van der Waals surface area contributed by atoms with Crippen LogP contribution in [0, 0.1) is 45.3 Å². The maximum atomic E-state index is 14.8. The van der Waals surface area contributed by atoms with Crippen LogP contribution >= 0.6 is 111 Å².